The monoisotopic (exact) mass is 284 g/mol. The van der Waals surface area contributed by atoms with Crippen molar-refractivity contribution < 1.29 is 14.7 Å². The normalized spacial score (nSPS) is 24.2. The lowest BCUT2D eigenvalue weighted by Gasteiger charge is -2.29. The zero-order chi connectivity index (χ0) is 15.1. The largest absolute Gasteiger partial charge is 0.480 e. The summed E-state index contributed by atoms with van der Waals surface area (Å²) < 4.78 is 0. The Hall–Kier alpha value is -1.26. The summed E-state index contributed by atoms with van der Waals surface area (Å²) in [6, 6.07) is -1.17. The number of carbonyl (C=O) groups excluding carboxylic acids is 1. The highest BCUT2D eigenvalue weighted by atomic mass is 16.4. The zero-order valence-electron chi connectivity index (χ0n) is 12.8. The van der Waals surface area contributed by atoms with Gasteiger partial charge in [-0.3, -0.25) is 0 Å². The van der Waals surface area contributed by atoms with Crippen LogP contribution in [0.3, 0.4) is 0 Å². The molecule has 20 heavy (non-hydrogen) atoms. The fourth-order valence-electron chi connectivity index (χ4n) is 2.82. The van der Waals surface area contributed by atoms with E-state index in [9.17, 15) is 9.59 Å². The molecule has 0 aromatic heterocycles. The highest BCUT2D eigenvalue weighted by Gasteiger charge is 2.24. The molecule has 3 N–H and O–H groups in total. The molecule has 3 atom stereocenters. The van der Waals surface area contributed by atoms with Crippen LogP contribution in [0, 0.1) is 17.8 Å². The van der Waals surface area contributed by atoms with Gasteiger partial charge < -0.3 is 15.7 Å². The fraction of sp³-hybridized carbons (Fsp3) is 0.867. The van der Waals surface area contributed by atoms with Gasteiger partial charge in [0.2, 0.25) is 0 Å². The van der Waals surface area contributed by atoms with Gasteiger partial charge in [0.1, 0.15) is 6.04 Å². The standard InChI is InChI=1S/C15H28N2O3/c1-10(2)8-13(14(18)19)17-15(20)16-9-12-7-5-4-6-11(12)3/h10-13H,4-9H2,1-3H3,(H,18,19)(H2,16,17,20). The summed E-state index contributed by atoms with van der Waals surface area (Å²) in [7, 11) is 0. The molecular weight excluding hydrogens is 256 g/mol. The van der Waals surface area contributed by atoms with E-state index in [1.165, 1.54) is 19.3 Å². The maximum Gasteiger partial charge on any atom is 0.326 e. The van der Waals surface area contributed by atoms with Crippen molar-refractivity contribution in [1.29, 1.82) is 0 Å². The lowest BCUT2D eigenvalue weighted by molar-refractivity contribution is -0.139. The summed E-state index contributed by atoms with van der Waals surface area (Å²) in [5, 5.41) is 14.5. The van der Waals surface area contributed by atoms with Crippen molar-refractivity contribution in [2.24, 2.45) is 17.8 Å². The molecule has 0 saturated heterocycles. The number of aliphatic carboxylic acids is 1. The first-order valence-corrected chi connectivity index (χ1v) is 7.67. The summed E-state index contributed by atoms with van der Waals surface area (Å²) in [6.45, 7) is 6.75. The van der Waals surface area contributed by atoms with Crippen LogP contribution in [0.5, 0.6) is 0 Å². The number of carbonyl (C=O) groups is 2. The molecule has 116 valence electrons. The Labute approximate surface area is 121 Å². The van der Waals surface area contributed by atoms with E-state index < -0.39 is 12.0 Å². The van der Waals surface area contributed by atoms with E-state index in [1.54, 1.807) is 0 Å². The van der Waals surface area contributed by atoms with Gasteiger partial charge in [-0.25, -0.2) is 9.59 Å². The molecule has 0 spiro atoms. The van der Waals surface area contributed by atoms with Gasteiger partial charge in [0.05, 0.1) is 0 Å². The first-order chi connectivity index (χ1) is 9.40. The van der Waals surface area contributed by atoms with Crippen molar-refractivity contribution >= 4 is 12.0 Å². The number of hydrogen-bond acceptors (Lipinski definition) is 2. The van der Waals surface area contributed by atoms with Crippen LogP contribution in [0.2, 0.25) is 0 Å². The number of hydrogen-bond donors (Lipinski definition) is 3. The maximum absolute atomic E-state index is 11.8. The van der Waals surface area contributed by atoms with Crippen LogP contribution >= 0.6 is 0 Å². The predicted octanol–water partition coefficient (Wildman–Crippen LogP) is 2.61. The summed E-state index contributed by atoms with van der Waals surface area (Å²) in [6.07, 6.45) is 5.32. The van der Waals surface area contributed by atoms with Gasteiger partial charge in [-0.2, -0.15) is 0 Å². The van der Waals surface area contributed by atoms with Crippen molar-refractivity contribution in [2.75, 3.05) is 6.54 Å². The maximum atomic E-state index is 11.8. The molecule has 5 heteroatoms. The van der Waals surface area contributed by atoms with Gasteiger partial charge in [0, 0.05) is 6.54 Å². The summed E-state index contributed by atoms with van der Waals surface area (Å²) in [5.74, 6) is 0.410. The topological polar surface area (TPSA) is 78.4 Å². The van der Waals surface area contributed by atoms with E-state index in [4.69, 9.17) is 5.11 Å². The number of urea groups is 1. The second-order valence-corrected chi connectivity index (χ2v) is 6.40. The minimum absolute atomic E-state index is 0.231. The highest BCUT2D eigenvalue weighted by molar-refractivity contribution is 5.82. The molecule has 3 unspecified atom stereocenters. The van der Waals surface area contributed by atoms with Crippen LogP contribution in [0.15, 0.2) is 0 Å². The molecule has 0 heterocycles. The predicted molar refractivity (Wildman–Crippen MR) is 78.5 cm³/mol. The van der Waals surface area contributed by atoms with Gasteiger partial charge >= 0.3 is 12.0 Å². The van der Waals surface area contributed by atoms with Gasteiger partial charge in [0.25, 0.3) is 0 Å². The van der Waals surface area contributed by atoms with E-state index in [0.717, 1.165) is 6.42 Å². The van der Waals surface area contributed by atoms with E-state index in [1.807, 2.05) is 13.8 Å². The van der Waals surface area contributed by atoms with Crippen molar-refractivity contribution in [3.8, 4) is 0 Å². The Balaban J connectivity index is 2.35. The van der Waals surface area contributed by atoms with Crippen LogP contribution in [0.4, 0.5) is 4.79 Å². The molecule has 0 radical (unpaired) electrons. The lowest BCUT2D eigenvalue weighted by atomic mass is 9.80. The minimum Gasteiger partial charge on any atom is -0.480 e. The van der Waals surface area contributed by atoms with Crippen LogP contribution < -0.4 is 10.6 Å². The van der Waals surface area contributed by atoms with Gasteiger partial charge in [-0.05, 0) is 30.6 Å². The molecule has 0 aliphatic heterocycles. The molecule has 0 aromatic carbocycles. The van der Waals surface area contributed by atoms with E-state index in [-0.39, 0.29) is 11.9 Å². The Bertz CT molecular complexity index is 331. The quantitative estimate of drug-likeness (QED) is 0.701. The summed E-state index contributed by atoms with van der Waals surface area (Å²) in [5.41, 5.74) is 0. The molecule has 1 fully saturated rings. The number of carboxylic acids is 1. The Kier molecular flexibility index (Phi) is 6.82. The Morgan fingerprint density at radius 2 is 1.90 bits per heavy atom. The van der Waals surface area contributed by atoms with Gasteiger partial charge in [0.15, 0.2) is 0 Å². The smallest absolute Gasteiger partial charge is 0.326 e. The molecule has 0 aromatic rings. The minimum atomic E-state index is -0.972. The average molecular weight is 284 g/mol. The number of rotatable bonds is 6. The zero-order valence-corrected chi connectivity index (χ0v) is 12.8. The van der Waals surface area contributed by atoms with Crippen LogP contribution in [-0.2, 0) is 4.79 Å². The molecule has 2 amide bonds. The van der Waals surface area contributed by atoms with E-state index in [0.29, 0.717) is 24.8 Å². The first-order valence-electron chi connectivity index (χ1n) is 7.67. The molecular formula is C15H28N2O3. The Morgan fingerprint density at radius 1 is 1.25 bits per heavy atom. The summed E-state index contributed by atoms with van der Waals surface area (Å²) in [4.78, 5) is 22.9. The van der Waals surface area contributed by atoms with Crippen molar-refractivity contribution in [3.63, 3.8) is 0 Å². The number of carboxylic acid groups (broad SMARTS) is 1. The SMILES string of the molecule is CC(C)CC(NC(=O)NCC1CCCCC1C)C(=O)O. The van der Waals surface area contributed by atoms with Crippen molar-refractivity contribution in [2.45, 2.75) is 58.9 Å². The van der Waals surface area contributed by atoms with Gasteiger partial charge in [-0.15, -0.1) is 0 Å². The van der Waals surface area contributed by atoms with Gasteiger partial charge in [-0.1, -0.05) is 40.0 Å². The third-order valence-corrected chi connectivity index (χ3v) is 4.12. The fourth-order valence-corrected chi connectivity index (χ4v) is 2.82. The van der Waals surface area contributed by atoms with Crippen molar-refractivity contribution in [1.82, 2.24) is 10.6 Å². The summed E-state index contributed by atoms with van der Waals surface area (Å²) >= 11 is 0. The van der Waals surface area contributed by atoms with Crippen molar-refractivity contribution in [3.05, 3.63) is 0 Å². The van der Waals surface area contributed by atoms with Crippen LogP contribution in [-0.4, -0.2) is 29.7 Å². The third kappa shape index (κ3) is 5.80. The first kappa shape index (κ1) is 16.8. The third-order valence-electron chi connectivity index (χ3n) is 4.12. The molecule has 1 aliphatic carbocycles. The molecule has 1 rings (SSSR count). The lowest BCUT2D eigenvalue weighted by Crippen LogP contribution is -2.48. The Morgan fingerprint density at radius 3 is 2.45 bits per heavy atom. The second kappa shape index (κ2) is 8.12. The molecule has 1 aliphatic rings. The number of nitrogens with one attached hydrogen (secondary N) is 2. The molecule has 0 bridgehead atoms. The van der Waals surface area contributed by atoms with Crippen LogP contribution in [0.1, 0.15) is 52.9 Å². The van der Waals surface area contributed by atoms with E-state index in [2.05, 4.69) is 17.6 Å². The molecule has 1 saturated carbocycles. The van der Waals surface area contributed by atoms with E-state index >= 15 is 0 Å². The highest BCUT2D eigenvalue weighted by Crippen LogP contribution is 2.28. The van der Waals surface area contributed by atoms with Crippen LogP contribution in [0.25, 0.3) is 0 Å². The second-order valence-electron chi connectivity index (χ2n) is 6.40. The average Bonchev–Trinajstić information content (AvgIpc) is 2.36. The molecule has 5 nitrogen and oxygen atoms in total. The number of amides is 2.